The van der Waals surface area contributed by atoms with Crippen molar-refractivity contribution in [1.82, 2.24) is 39.0 Å². The Bertz CT molecular complexity index is 1840. The van der Waals surface area contributed by atoms with Crippen LogP contribution in [0.5, 0.6) is 5.75 Å². The van der Waals surface area contributed by atoms with Crippen molar-refractivity contribution in [2.45, 2.75) is 33.0 Å². The number of halogens is 5. The average Bonchev–Trinajstić information content (AvgIpc) is 3.38. The summed E-state index contributed by atoms with van der Waals surface area (Å²) < 4.78 is 41.6. The average molecular weight is 700 g/mol. The number of aryl methyl sites for hydroxylation is 1. The summed E-state index contributed by atoms with van der Waals surface area (Å²) in [5, 5.41) is 16.3. The normalized spacial score (nSPS) is 13.9. The number of nitrogens with one attached hydrogen (secondary N) is 1. The number of alkyl halides is 3. The molecule has 1 aliphatic heterocycles. The van der Waals surface area contributed by atoms with E-state index in [9.17, 15) is 32.7 Å². The predicted molar refractivity (Wildman–Crippen MR) is 154 cm³/mol. The van der Waals surface area contributed by atoms with Crippen molar-refractivity contribution in [1.29, 1.82) is 0 Å². The van der Waals surface area contributed by atoms with Gasteiger partial charge in [-0.25, -0.2) is 15.0 Å². The van der Waals surface area contributed by atoms with Crippen LogP contribution in [0, 0.1) is 6.92 Å². The number of aromatic nitrogens is 7. The Morgan fingerprint density at radius 2 is 1.84 bits per heavy atom. The highest BCUT2D eigenvalue weighted by Crippen LogP contribution is 2.31. The Morgan fingerprint density at radius 3 is 2.48 bits per heavy atom. The molecule has 0 saturated carbocycles. The number of carbonyl (C=O) groups excluding carboxylic acids is 2. The standard InChI is InChI=1S/C25H23BrClF3N10O4/c1-3-14-18(37-6-8-38(9-7-37)21(43)17-19(42)12(2)31-11-32-17)22(44)40-24(35-23(26)36-40)39(14)10-16(41)33-13-4-5-15(25(28,29)30)34-20(13)27/h4-5,11,42H,3,6-10H2,1-2H3,(H,33,41). The summed E-state index contributed by atoms with van der Waals surface area (Å²) >= 11 is 9.08. The van der Waals surface area contributed by atoms with Gasteiger partial charge in [-0.15, -0.1) is 5.10 Å². The first-order valence-electron chi connectivity index (χ1n) is 13.1. The summed E-state index contributed by atoms with van der Waals surface area (Å²) in [6.45, 7) is 3.81. The van der Waals surface area contributed by atoms with E-state index in [1.54, 1.807) is 18.7 Å². The van der Waals surface area contributed by atoms with E-state index in [1.165, 1.54) is 15.8 Å². The second-order valence-corrected chi connectivity index (χ2v) is 10.7. The molecule has 4 aromatic heterocycles. The van der Waals surface area contributed by atoms with Gasteiger partial charge in [-0.1, -0.05) is 18.5 Å². The zero-order valence-electron chi connectivity index (χ0n) is 23.1. The first kappa shape index (κ1) is 31.1. The molecular formula is C25H23BrClF3N10O4. The third-order valence-corrected chi connectivity index (χ3v) is 7.56. The number of carbonyl (C=O) groups is 2. The van der Waals surface area contributed by atoms with Crippen LogP contribution in [0.1, 0.15) is 34.5 Å². The Hall–Kier alpha value is -4.32. The van der Waals surface area contributed by atoms with Crippen molar-refractivity contribution < 1.29 is 27.9 Å². The van der Waals surface area contributed by atoms with Gasteiger partial charge in [0.15, 0.2) is 16.6 Å². The van der Waals surface area contributed by atoms with Gasteiger partial charge in [-0.2, -0.15) is 22.7 Å². The lowest BCUT2D eigenvalue weighted by molar-refractivity contribution is -0.141. The number of anilines is 2. The van der Waals surface area contributed by atoms with Crippen molar-refractivity contribution in [3.63, 3.8) is 0 Å². The number of hydrogen-bond donors (Lipinski definition) is 2. The number of amides is 2. The summed E-state index contributed by atoms with van der Waals surface area (Å²) in [6, 6.07) is 1.70. The monoisotopic (exact) mass is 698 g/mol. The number of hydrogen-bond acceptors (Lipinski definition) is 10. The predicted octanol–water partition coefficient (Wildman–Crippen LogP) is 2.69. The van der Waals surface area contributed by atoms with Gasteiger partial charge in [-0.3, -0.25) is 14.4 Å². The van der Waals surface area contributed by atoms with Crippen LogP contribution in [0.4, 0.5) is 24.5 Å². The van der Waals surface area contributed by atoms with Gasteiger partial charge in [0.05, 0.1) is 17.1 Å². The van der Waals surface area contributed by atoms with Crippen molar-refractivity contribution in [2.24, 2.45) is 0 Å². The highest BCUT2D eigenvalue weighted by atomic mass is 79.9. The number of rotatable bonds is 6. The first-order valence-corrected chi connectivity index (χ1v) is 14.2. The molecule has 1 aliphatic rings. The minimum Gasteiger partial charge on any atom is -0.504 e. The van der Waals surface area contributed by atoms with Gasteiger partial charge in [0.2, 0.25) is 16.4 Å². The molecule has 232 valence electrons. The Labute approximate surface area is 259 Å². The quantitative estimate of drug-likeness (QED) is 0.286. The van der Waals surface area contributed by atoms with E-state index < -0.39 is 40.9 Å². The molecule has 0 unspecified atom stereocenters. The van der Waals surface area contributed by atoms with E-state index in [0.717, 1.165) is 10.6 Å². The van der Waals surface area contributed by atoms with E-state index >= 15 is 0 Å². The minimum absolute atomic E-state index is 0.0534. The van der Waals surface area contributed by atoms with E-state index in [2.05, 4.69) is 46.3 Å². The lowest BCUT2D eigenvalue weighted by Gasteiger charge is -2.36. The summed E-state index contributed by atoms with van der Waals surface area (Å²) in [6.07, 6.45) is -3.23. The molecule has 1 saturated heterocycles. The largest absolute Gasteiger partial charge is 0.504 e. The summed E-state index contributed by atoms with van der Waals surface area (Å²) in [4.78, 5) is 58.5. The maximum atomic E-state index is 13.7. The van der Waals surface area contributed by atoms with Crippen LogP contribution in [0.3, 0.4) is 0 Å². The maximum absolute atomic E-state index is 13.7. The van der Waals surface area contributed by atoms with Crippen molar-refractivity contribution in [3.8, 4) is 5.75 Å². The zero-order chi connectivity index (χ0) is 31.9. The van der Waals surface area contributed by atoms with Gasteiger partial charge < -0.3 is 24.8 Å². The Morgan fingerprint density at radius 1 is 1.14 bits per heavy atom. The van der Waals surface area contributed by atoms with Gasteiger partial charge >= 0.3 is 6.18 Å². The van der Waals surface area contributed by atoms with Gasteiger partial charge in [0.1, 0.15) is 24.3 Å². The fourth-order valence-corrected chi connectivity index (χ4v) is 5.35. The first-order chi connectivity index (χ1) is 20.8. The summed E-state index contributed by atoms with van der Waals surface area (Å²) in [5.41, 5.74) is -1.00. The molecule has 5 heterocycles. The topological polar surface area (TPSA) is 164 Å². The molecule has 4 aromatic rings. The summed E-state index contributed by atoms with van der Waals surface area (Å²) in [7, 11) is 0. The van der Waals surface area contributed by atoms with Crippen LogP contribution < -0.4 is 15.8 Å². The van der Waals surface area contributed by atoms with Crippen LogP contribution in [0.25, 0.3) is 5.78 Å². The van der Waals surface area contributed by atoms with Crippen LogP contribution in [-0.2, 0) is 23.9 Å². The number of nitrogens with zero attached hydrogens (tertiary/aromatic N) is 9. The van der Waals surface area contributed by atoms with E-state index in [4.69, 9.17) is 11.6 Å². The molecular weight excluding hydrogens is 677 g/mol. The van der Waals surface area contributed by atoms with Gasteiger partial charge in [-0.05, 0) is 41.4 Å². The van der Waals surface area contributed by atoms with Crippen molar-refractivity contribution in [3.05, 3.63) is 61.5 Å². The van der Waals surface area contributed by atoms with Crippen LogP contribution in [0.2, 0.25) is 5.15 Å². The SMILES string of the molecule is CCc1c(N2CCN(C(=O)c3ncnc(C)c3O)CC2)c(=O)n2nc(Br)nc2n1CC(=O)Nc1ccc(C(F)(F)F)nc1Cl. The lowest BCUT2D eigenvalue weighted by atomic mass is 10.2. The van der Waals surface area contributed by atoms with E-state index in [1.807, 2.05) is 0 Å². The molecule has 0 radical (unpaired) electrons. The van der Waals surface area contributed by atoms with Crippen molar-refractivity contribution in [2.75, 3.05) is 36.4 Å². The van der Waals surface area contributed by atoms with E-state index in [-0.39, 0.29) is 71.6 Å². The fraction of sp³-hybridized carbons (Fsp3) is 0.360. The molecule has 0 aromatic carbocycles. The molecule has 14 nitrogen and oxygen atoms in total. The third kappa shape index (κ3) is 5.90. The second-order valence-electron chi connectivity index (χ2n) is 9.65. The fourth-order valence-electron chi connectivity index (χ4n) is 4.83. The third-order valence-electron chi connectivity index (χ3n) is 6.94. The second kappa shape index (κ2) is 12.0. The zero-order valence-corrected chi connectivity index (χ0v) is 25.4. The van der Waals surface area contributed by atoms with Gasteiger partial charge in [0, 0.05) is 26.2 Å². The molecule has 0 aliphatic carbocycles. The number of aromatic hydroxyl groups is 1. The molecule has 19 heteroatoms. The maximum Gasteiger partial charge on any atom is 0.433 e. The smallest absolute Gasteiger partial charge is 0.433 e. The highest BCUT2D eigenvalue weighted by molar-refractivity contribution is 9.10. The van der Waals surface area contributed by atoms with Crippen LogP contribution in [0.15, 0.2) is 28.0 Å². The Balaban J connectivity index is 1.43. The number of pyridine rings is 1. The summed E-state index contributed by atoms with van der Waals surface area (Å²) in [5.74, 6) is -1.40. The highest BCUT2D eigenvalue weighted by Gasteiger charge is 2.33. The number of fused-ring (bicyclic) bond motifs is 1. The van der Waals surface area contributed by atoms with Crippen LogP contribution >= 0.6 is 27.5 Å². The lowest BCUT2D eigenvalue weighted by Crippen LogP contribution is -2.51. The molecule has 2 N–H and O–H groups in total. The molecule has 2 amide bonds. The molecule has 0 atom stereocenters. The van der Waals surface area contributed by atoms with Crippen LogP contribution in [-0.4, -0.2) is 82.1 Å². The molecule has 1 fully saturated rings. The van der Waals surface area contributed by atoms with Gasteiger partial charge in [0.25, 0.3) is 11.5 Å². The molecule has 5 rings (SSSR count). The number of piperazine rings is 1. The molecule has 0 bridgehead atoms. The minimum atomic E-state index is -4.71. The van der Waals surface area contributed by atoms with E-state index in [0.29, 0.717) is 11.8 Å². The Kier molecular flexibility index (Phi) is 8.48. The molecule has 44 heavy (non-hydrogen) atoms. The molecule has 0 spiro atoms. The van der Waals surface area contributed by atoms with Crippen molar-refractivity contribution >= 4 is 56.5 Å².